The highest BCUT2D eigenvalue weighted by Gasteiger charge is 2.27. The fourth-order valence-electron chi connectivity index (χ4n) is 5.37. The molecule has 1 aliphatic carbocycles. The van der Waals surface area contributed by atoms with E-state index in [2.05, 4.69) is 51.8 Å². The largest absolute Gasteiger partial charge is 0.324 e. The summed E-state index contributed by atoms with van der Waals surface area (Å²) in [4.78, 5) is 23.0. The molecule has 7 rings (SSSR count). The molecular weight excluding hydrogens is 472 g/mol. The molecule has 0 spiro atoms. The second-order valence-corrected chi connectivity index (χ2v) is 9.44. The van der Waals surface area contributed by atoms with Gasteiger partial charge in [-0.1, -0.05) is 48.5 Å². The summed E-state index contributed by atoms with van der Waals surface area (Å²) >= 11 is 0. The summed E-state index contributed by atoms with van der Waals surface area (Å²) in [5, 5.41) is 8.38. The van der Waals surface area contributed by atoms with Crippen molar-refractivity contribution in [1.82, 2.24) is 24.3 Å². The van der Waals surface area contributed by atoms with Crippen molar-refractivity contribution in [1.29, 1.82) is 0 Å². The lowest BCUT2D eigenvalue weighted by atomic mass is 9.94. The third kappa shape index (κ3) is 3.85. The van der Waals surface area contributed by atoms with E-state index in [0.29, 0.717) is 11.6 Å². The van der Waals surface area contributed by atoms with Gasteiger partial charge in [0.15, 0.2) is 0 Å². The maximum Gasteiger partial charge on any atom is 0.253 e. The molecule has 7 heteroatoms. The Kier molecular flexibility index (Phi) is 5.32. The van der Waals surface area contributed by atoms with Crippen LogP contribution in [0.15, 0.2) is 114 Å². The van der Waals surface area contributed by atoms with Gasteiger partial charge in [-0.25, -0.2) is 9.67 Å². The Balaban J connectivity index is 1.35. The van der Waals surface area contributed by atoms with Gasteiger partial charge in [0, 0.05) is 35.7 Å². The number of nitrogens with zero attached hydrogens (tertiary/aromatic N) is 5. The van der Waals surface area contributed by atoms with E-state index in [1.54, 1.807) is 29.2 Å². The molecule has 0 amide bonds. The van der Waals surface area contributed by atoms with E-state index in [4.69, 9.17) is 4.98 Å². The molecule has 0 saturated heterocycles. The normalized spacial score (nSPS) is 13.1. The molecule has 0 aliphatic heterocycles. The Labute approximate surface area is 219 Å². The molecule has 3 heterocycles. The Morgan fingerprint density at radius 1 is 0.789 bits per heavy atom. The van der Waals surface area contributed by atoms with Gasteiger partial charge in [-0.15, -0.1) is 0 Å². The fraction of sp³-hybridized carbons (Fsp3) is 0.0968. The van der Waals surface area contributed by atoms with Gasteiger partial charge < -0.3 is 5.32 Å². The lowest BCUT2D eigenvalue weighted by molar-refractivity contribution is 0.666. The summed E-state index contributed by atoms with van der Waals surface area (Å²) in [6.45, 7) is 0. The van der Waals surface area contributed by atoms with Crippen LogP contribution in [0.3, 0.4) is 0 Å². The summed E-state index contributed by atoms with van der Waals surface area (Å²) < 4.78 is 3.63. The average molecular weight is 497 g/mol. The Morgan fingerprint density at radius 2 is 1.50 bits per heavy atom. The van der Waals surface area contributed by atoms with Gasteiger partial charge in [-0.3, -0.25) is 9.36 Å². The molecule has 3 aromatic heterocycles. The molecule has 38 heavy (non-hydrogen) atoms. The van der Waals surface area contributed by atoms with E-state index in [1.807, 2.05) is 53.2 Å². The maximum atomic E-state index is 13.6. The number of hydrogen-bond donors (Lipinski definition) is 1. The number of hydrogen-bond acceptors (Lipinski definition) is 5. The summed E-state index contributed by atoms with van der Waals surface area (Å²) in [7, 11) is 0. The summed E-state index contributed by atoms with van der Waals surface area (Å²) in [6, 6.07) is 29.7. The number of pyridine rings is 1. The number of aryl methyl sites for hydroxylation is 2. The van der Waals surface area contributed by atoms with Crippen molar-refractivity contribution in [3.05, 3.63) is 142 Å². The third-order valence-corrected chi connectivity index (χ3v) is 7.18. The van der Waals surface area contributed by atoms with E-state index in [1.165, 1.54) is 11.1 Å². The molecule has 1 N–H and O–H groups in total. The second-order valence-electron chi connectivity index (χ2n) is 9.44. The SMILES string of the molecule is O=c1ccc2cnc(Nc3ccc(-n4cccn4)cc3)nc2n1C1c2ccccc2CCc2ccccc21. The van der Waals surface area contributed by atoms with Crippen LogP contribution in [0.4, 0.5) is 11.6 Å². The first-order valence-corrected chi connectivity index (χ1v) is 12.7. The smallest absolute Gasteiger partial charge is 0.253 e. The first-order valence-electron chi connectivity index (χ1n) is 12.7. The third-order valence-electron chi connectivity index (χ3n) is 7.18. The van der Waals surface area contributed by atoms with Crippen LogP contribution in [-0.2, 0) is 12.8 Å². The highest BCUT2D eigenvalue weighted by molar-refractivity contribution is 5.76. The number of benzene rings is 3. The average Bonchev–Trinajstić information content (AvgIpc) is 3.44. The zero-order chi connectivity index (χ0) is 25.5. The molecular formula is C31H24N6O. The zero-order valence-corrected chi connectivity index (χ0v) is 20.5. The first-order chi connectivity index (χ1) is 18.7. The van der Waals surface area contributed by atoms with E-state index in [9.17, 15) is 4.79 Å². The lowest BCUT2D eigenvalue weighted by Gasteiger charge is -2.24. The summed E-state index contributed by atoms with van der Waals surface area (Å²) in [5.41, 5.74) is 7.07. The molecule has 3 aromatic carbocycles. The standard InChI is InChI=1S/C31H24N6O/c38-28-17-12-23-20-32-31(34-24-13-15-25(16-14-24)36-19-5-18-33-36)35-30(23)37(28)29-26-8-3-1-6-21(26)10-11-22-7-2-4-9-27(22)29/h1-9,12-20,29H,10-11H2,(H,32,34,35). The van der Waals surface area contributed by atoms with Crippen molar-refractivity contribution in [2.75, 3.05) is 5.32 Å². The van der Waals surface area contributed by atoms with Crippen LogP contribution in [0, 0.1) is 0 Å². The van der Waals surface area contributed by atoms with Crippen molar-refractivity contribution in [2.45, 2.75) is 18.9 Å². The van der Waals surface area contributed by atoms with Crippen LogP contribution < -0.4 is 10.9 Å². The topological polar surface area (TPSA) is 77.6 Å². The monoisotopic (exact) mass is 496 g/mol. The number of rotatable bonds is 4. The van der Waals surface area contributed by atoms with E-state index in [-0.39, 0.29) is 11.6 Å². The number of aromatic nitrogens is 5. The minimum Gasteiger partial charge on any atom is -0.324 e. The van der Waals surface area contributed by atoms with Crippen molar-refractivity contribution in [2.24, 2.45) is 0 Å². The Hall–Kier alpha value is -5.04. The maximum absolute atomic E-state index is 13.6. The van der Waals surface area contributed by atoms with Crippen LogP contribution in [-0.4, -0.2) is 24.3 Å². The minimum absolute atomic E-state index is 0.0952. The number of anilines is 2. The molecule has 0 atom stereocenters. The molecule has 0 radical (unpaired) electrons. The van der Waals surface area contributed by atoms with Gasteiger partial charge in [-0.05, 0) is 71.5 Å². The van der Waals surface area contributed by atoms with Crippen LogP contribution in [0.2, 0.25) is 0 Å². The van der Waals surface area contributed by atoms with Gasteiger partial charge in [0.1, 0.15) is 5.65 Å². The van der Waals surface area contributed by atoms with Crippen molar-refractivity contribution in [3.63, 3.8) is 0 Å². The fourth-order valence-corrected chi connectivity index (χ4v) is 5.37. The van der Waals surface area contributed by atoms with Gasteiger partial charge in [0.05, 0.1) is 11.7 Å². The van der Waals surface area contributed by atoms with Crippen molar-refractivity contribution >= 4 is 22.7 Å². The molecule has 1 aliphatic rings. The predicted octanol–water partition coefficient (Wildman–Crippen LogP) is 5.46. The van der Waals surface area contributed by atoms with E-state index < -0.39 is 0 Å². The van der Waals surface area contributed by atoms with Crippen molar-refractivity contribution in [3.8, 4) is 5.69 Å². The Morgan fingerprint density at radius 3 is 2.18 bits per heavy atom. The molecule has 184 valence electrons. The van der Waals surface area contributed by atoms with Gasteiger partial charge >= 0.3 is 0 Å². The van der Waals surface area contributed by atoms with Crippen LogP contribution in [0.25, 0.3) is 16.7 Å². The van der Waals surface area contributed by atoms with E-state index in [0.717, 1.165) is 40.7 Å². The molecule has 0 fully saturated rings. The molecule has 0 bridgehead atoms. The van der Waals surface area contributed by atoms with Crippen LogP contribution in [0.5, 0.6) is 0 Å². The van der Waals surface area contributed by atoms with Gasteiger partial charge in [0.25, 0.3) is 5.56 Å². The van der Waals surface area contributed by atoms with Gasteiger partial charge in [-0.2, -0.15) is 10.1 Å². The summed E-state index contributed by atoms with van der Waals surface area (Å²) in [5.74, 6) is 0.430. The molecule has 0 saturated carbocycles. The second kappa shape index (κ2) is 9.12. The number of nitrogens with one attached hydrogen (secondary N) is 1. The molecule has 0 unspecified atom stereocenters. The highest BCUT2D eigenvalue weighted by Crippen LogP contribution is 2.36. The lowest BCUT2D eigenvalue weighted by Crippen LogP contribution is -2.27. The van der Waals surface area contributed by atoms with Crippen molar-refractivity contribution < 1.29 is 0 Å². The van der Waals surface area contributed by atoms with Crippen LogP contribution >= 0.6 is 0 Å². The number of fused-ring (bicyclic) bond motifs is 3. The molecule has 7 nitrogen and oxygen atoms in total. The summed E-state index contributed by atoms with van der Waals surface area (Å²) in [6.07, 6.45) is 7.28. The van der Waals surface area contributed by atoms with E-state index >= 15 is 0 Å². The highest BCUT2D eigenvalue weighted by atomic mass is 16.1. The van der Waals surface area contributed by atoms with Crippen LogP contribution in [0.1, 0.15) is 28.3 Å². The minimum atomic E-state index is -0.280. The first kappa shape index (κ1) is 22.2. The molecule has 6 aromatic rings. The zero-order valence-electron chi connectivity index (χ0n) is 20.5. The Bertz CT molecular complexity index is 1780. The van der Waals surface area contributed by atoms with Gasteiger partial charge in [0.2, 0.25) is 5.95 Å². The quantitative estimate of drug-likeness (QED) is 0.351. The predicted molar refractivity (Wildman–Crippen MR) is 148 cm³/mol.